The summed E-state index contributed by atoms with van der Waals surface area (Å²) in [6.45, 7) is 0. The van der Waals surface area contributed by atoms with Gasteiger partial charge in [0.25, 0.3) is 0 Å². The van der Waals surface area contributed by atoms with Gasteiger partial charge in [-0.05, 0) is 181 Å². The van der Waals surface area contributed by atoms with Gasteiger partial charge in [0.1, 0.15) is 24.3 Å². The third-order valence-corrected chi connectivity index (χ3v) is 12.5. The zero-order valence-electron chi connectivity index (χ0n) is 30.6. The third-order valence-electron chi connectivity index (χ3n) is 12.5. The molecule has 260 valence electrons. The summed E-state index contributed by atoms with van der Waals surface area (Å²) in [5, 5.41) is 51.2. The lowest BCUT2D eigenvalue weighted by molar-refractivity contribution is 1.43. The average Bonchev–Trinajstić information content (AvgIpc) is 3.77. The van der Waals surface area contributed by atoms with E-state index in [4.69, 9.17) is 0 Å². The molecule has 0 spiro atoms. The highest BCUT2D eigenvalue weighted by molar-refractivity contribution is 6.29. The summed E-state index contributed by atoms with van der Waals surface area (Å²) in [4.78, 5) is 0. The van der Waals surface area contributed by atoms with Gasteiger partial charge in [-0.15, -0.1) is 0 Å². The molecular weight excluding hydrogens is 705 g/mol. The highest BCUT2D eigenvalue weighted by Gasteiger charge is 2.27. The smallest absolute Gasteiger partial charge is 0.101 e. The number of nitrogens with zero attached hydrogens (tertiary/aromatic N) is 4. The van der Waals surface area contributed by atoms with Gasteiger partial charge in [0.2, 0.25) is 0 Å². The molecule has 4 heteroatoms. The van der Waals surface area contributed by atoms with E-state index in [0.29, 0.717) is 22.3 Å². The molecule has 58 heavy (non-hydrogen) atoms. The van der Waals surface area contributed by atoms with Crippen molar-refractivity contribution in [3.8, 4) is 91.0 Å². The Morgan fingerprint density at radius 1 is 0.259 bits per heavy atom. The van der Waals surface area contributed by atoms with E-state index in [9.17, 15) is 21.0 Å². The van der Waals surface area contributed by atoms with E-state index in [1.165, 1.54) is 43.8 Å². The molecule has 0 aromatic heterocycles. The molecule has 0 amide bonds. The summed E-state index contributed by atoms with van der Waals surface area (Å²) >= 11 is 0. The van der Waals surface area contributed by atoms with E-state index in [1.807, 2.05) is 24.3 Å². The molecule has 2 aliphatic carbocycles. The minimum atomic E-state index is 0.338. The highest BCUT2D eigenvalue weighted by Crippen LogP contribution is 2.54. The fraction of sp³-hybridized carbons (Fsp3) is 0. The van der Waals surface area contributed by atoms with Crippen LogP contribution >= 0.6 is 0 Å². The largest absolute Gasteiger partial charge is 0.192 e. The van der Waals surface area contributed by atoms with Crippen LogP contribution in [0.5, 0.6) is 0 Å². The number of hydrogen-bond donors (Lipinski definition) is 0. The molecule has 2 aliphatic rings. The fourth-order valence-electron chi connectivity index (χ4n) is 9.89. The third kappa shape index (κ3) is 4.13. The Hall–Kier alpha value is -8.54. The number of fused-ring (bicyclic) bond motifs is 11. The van der Waals surface area contributed by atoms with E-state index in [0.717, 1.165) is 76.8 Å². The lowest BCUT2D eigenvalue weighted by atomic mass is 9.84. The second-order valence-corrected chi connectivity index (χ2v) is 15.2. The number of benzene rings is 10. The zero-order chi connectivity index (χ0) is 38.8. The highest BCUT2D eigenvalue weighted by atomic mass is 14.3. The molecule has 0 radical (unpaired) electrons. The van der Waals surface area contributed by atoms with Crippen molar-refractivity contribution in [2.45, 2.75) is 0 Å². The Labute approximate surface area is 332 Å². The summed E-state index contributed by atoms with van der Waals surface area (Å²) < 4.78 is 0. The number of rotatable bonds is 2. The maximum absolute atomic E-state index is 10.2. The molecule has 4 nitrogen and oxygen atoms in total. The van der Waals surface area contributed by atoms with Crippen molar-refractivity contribution in [1.82, 2.24) is 0 Å². The first-order valence-electron chi connectivity index (χ1n) is 19.1. The van der Waals surface area contributed by atoms with Crippen LogP contribution in [0.4, 0.5) is 0 Å². The van der Waals surface area contributed by atoms with Crippen LogP contribution in [0.3, 0.4) is 0 Å². The molecule has 0 N–H and O–H groups in total. The first-order chi connectivity index (χ1) is 28.6. The summed E-state index contributed by atoms with van der Waals surface area (Å²) in [6, 6.07) is 59.7. The van der Waals surface area contributed by atoms with E-state index in [-0.39, 0.29) is 0 Å². The molecular formula is C54H24N4. The maximum Gasteiger partial charge on any atom is 0.101 e. The maximum atomic E-state index is 10.2. The van der Waals surface area contributed by atoms with Crippen molar-refractivity contribution in [1.29, 1.82) is 21.0 Å². The molecule has 0 unspecified atom stereocenters. The molecule has 0 bridgehead atoms. The van der Waals surface area contributed by atoms with Crippen LogP contribution in [0.2, 0.25) is 0 Å². The quantitative estimate of drug-likeness (QED) is 0.166. The van der Waals surface area contributed by atoms with Crippen LogP contribution in [-0.4, -0.2) is 0 Å². The zero-order valence-corrected chi connectivity index (χ0v) is 30.6. The molecule has 0 saturated carbocycles. The second-order valence-electron chi connectivity index (χ2n) is 15.2. The molecule has 10 aromatic rings. The van der Waals surface area contributed by atoms with E-state index in [1.54, 1.807) is 12.1 Å². The molecule has 0 aliphatic heterocycles. The lowest BCUT2D eigenvalue weighted by Gasteiger charge is -2.19. The van der Waals surface area contributed by atoms with Crippen molar-refractivity contribution in [2.24, 2.45) is 0 Å². The van der Waals surface area contributed by atoms with Gasteiger partial charge in [-0.3, -0.25) is 0 Å². The van der Waals surface area contributed by atoms with Crippen molar-refractivity contribution in [2.75, 3.05) is 0 Å². The van der Waals surface area contributed by atoms with Crippen LogP contribution < -0.4 is 0 Å². The molecule has 0 atom stereocenters. The minimum Gasteiger partial charge on any atom is -0.192 e. The standard InChI is InChI=1S/C54H24N4/c55-25-33-15-13-31(17-35(33)27-57)41-19-50-49(51-23-45-39-11-3-7-29-5-1-9-37(53(29)39)43(45)21-47(41)51)20-42(32-14-16-34(26-56)36(18-32)28-58)48-22-44-38-10-2-6-30-8-4-12-40(54(30)38)46(44)24-52(48)50/h1-24H. The predicted octanol–water partition coefficient (Wildman–Crippen LogP) is 13.6. The second kappa shape index (κ2) is 11.5. The molecule has 0 heterocycles. The first kappa shape index (κ1) is 31.8. The predicted molar refractivity (Wildman–Crippen MR) is 233 cm³/mol. The van der Waals surface area contributed by atoms with Crippen molar-refractivity contribution >= 4 is 53.9 Å². The van der Waals surface area contributed by atoms with Gasteiger partial charge in [-0.25, -0.2) is 0 Å². The van der Waals surface area contributed by atoms with Gasteiger partial charge < -0.3 is 0 Å². The Balaban J connectivity index is 1.28. The van der Waals surface area contributed by atoms with Crippen LogP contribution in [0.25, 0.3) is 121 Å². The van der Waals surface area contributed by atoms with Crippen LogP contribution in [0.15, 0.2) is 146 Å². The van der Waals surface area contributed by atoms with Crippen LogP contribution in [0, 0.1) is 45.3 Å². The Kier molecular flexibility index (Phi) is 6.30. The van der Waals surface area contributed by atoms with Crippen molar-refractivity contribution < 1.29 is 0 Å². The van der Waals surface area contributed by atoms with Gasteiger partial charge in [-0.1, -0.05) is 84.9 Å². The van der Waals surface area contributed by atoms with Crippen molar-refractivity contribution in [3.63, 3.8) is 0 Å². The molecule has 12 rings (SSSR count). The summed E-state index contributed by atoms with van der Waals surface area (Å²) in [5.74, 6) is 0. The van der Waals surface area contributed by atoms with E-state index in [2.05, 4.69) is 133 Å². The van der Waals surface area contributed by atoms with Crippen molar-refractivity contribution in [3.05, 3.63) is 168 Å². The van der Waals surface area contributed by atoms with E-state index < -0.39 is 0 Å². The van der Waals surface area contributed by atoms with Gasteiger partial charge in [0.05, 0.1) is 22.3 Å². The molecule has 0 fully saturated rings. The Morgan fingerprint density at radius 3 is 0.914 bits per heavy atom. The normalized spacial score (nSPS) is 11.7. The molecule has 0 saturated heterocycles. The lowest BCUT2D eigenvalue weighted by Crippen LogP contribution is -1.93. The topological polar surface area (TPSA) is 95.2 Å². The Morgan fingerprint density at radius 2 is 0.569 bits per heavy atom. The SMILES string of the molecule is N#Cc1ccc(-c2cc3c4cc5c(cc4c(-c4ccc(C#N)c(C#N)c4)cc3c3cc4c(cc23)-c2cccc3cccc-4c23)-c2cccc3cccc-5c23)cc1C#N. The van der Waals surface area contributed by atoms with E-state index >= 15 is 0 Å². The minimum absolute atomic E-state index is 0.338. The van der Waals surface area contributed by atoms with Crippen LogP contribution in [0.1, 0.15) is 22.3 Å². The molecule has 10 aromatic carbocycles. The Bertz CT molecular complexity index is 3520. The van der Waals surface area contributed by atoms with Gasteiger partial charge in [0.15, 0.2) is 0 Å². The monoisotopic (exact) mass is 728 g/mol. The number of nitriles is 4. The summed E-state index contributed by atoms with van der Waals surface area (Å²) in [5.41, 5.74) is 14.5. The fourth-order valence-corrected chi connectivity index (χ4v) is 9.89. The summed E-state index contributed by atoms with van der Waals surface area (Å²) in [7, 11) is 0. The number of hydrogen-bond acceptors (Lipinski definition) is 4. The van der Waals surface area contributed by atoms with Gasteiger partial charge in [-0.2, -0.15) is 21.0 Å². The van der Waals surface area contributed by atoms with Gasteiger partial charge in [0, 0.05) is 0 Å². The first-order valence-corrected chi connectivity index (χ1v) is 19.1. The average molecular weight is 729 g/mol. The summed E-state index contributed by atoms with van der Waals surface area (Å²) in [6.07, 6.45) is 0. The van der Waals surface area contributed by atoms with Gasteiger partial charge >= 0.3 is 0 Å². The van der Waals surface area contributed by atoms with Crippen LogP contribution in [-0.2, 0) is 0 Å².